The van der Waals surface area contributed by atoms with Crippen molar-refractivity contribution in [2.75, 3.05) is 5.73 Å². The summed E-state index contributed by atoms with van der Waals surface area (Å²) in [4.78, 5) is 8.47. The maximum absolute atomic E-state index is 6.10. The van der Waals surface area contributed by atoms with E-state index in [1.54, 1.807) is 12.4 Å². The molecule has 0 spiro atoms. The third-order valence-electron chi connectivity index (χ3n) is 4.79. The summed E-state index contributed by atoms with van der Waals surface area (Å²) >= 11 is 0. The first kappa shape index (κ1) is 16.0. The van der Waals surface area contributed by atoms with E-state index in [-0.39, 0.29) is 0 Å². The van der Waals surface area contributed by atoms with Crippen LogP contribution in [0.15, 0.2) is 30.7 Å². The van der Waals surface area contributed by atoms with Crippen molar-refractivity contribution in [2.24, 2.45) is 0 Å². The summed E-state index contributed by atoms with van der Waals surface area (Å²) in [5.41, 5.74) is 9.15. The Labute approximate surface area is 137 Å². The predicted molar refractivity (Wildman–Crippen MR) is 92.3 cm³/mol. The molecule has 0 saturated carbocycles. The molecule has 120 valence electrons. The van der Waals surface area contributed by atoms with Crippen LogP contribution in [0, 0.1) is 6.92 Å². The topological polar surface area (TPSA) is 70.3 Å². The highest BCUT2D eigenvalue weighted by Gasteiger charge is 2.52. The van der Waals surface area contributed by atoms with Crippen molar-refractivity contribution < 1.29 is 9.31 Å². The van der Waals surface area contributed by atoms with Gasteiger partial charge in [0.05, 0.1) is 11.2 Å². The van der Waals surface area contributed by atoms with E-state index in [1.165, 1.54) is 0 Å². The lowest BCUT2D eigenvalue weighted by molar-refractivity contribution is 0.00578. The van der Waals surface area contributed by atoms with Gasteiger partial charge in [-0.15, -0.1) is 0 Å². The van der Waals surface area contributed by atoms with Crippen LogP contribution in [0.4, 0.5) is 5.82 Å². The highest BCUT2D eigenvalue weighted by molar-refractivity contribution is 6.63. The molecule has 0 aliphatic carbocycles. The minimum Gasteiger partial charge on any atom is -0.399 e. The molecule has 1 aliphatic heterocycles. The number of anilines is 1. The quantitative estimate of drug-likeness (QED) is 0.862. The number of hydrogen-bond acceptors (Lipinski definition) is 5. The van der Waals surface area contributed by atoms with Crippen LogP contribution in [0.1, 0.15) is 33.3 Å². The van der Waals surface area contributed by atoms with Gasteiger partial charge in [0.2, 0.25) is 0 Å². The summed E-state index contributed by atoms with van der Waals surface area (Å²) in [6.07, 6.45) is 5.37. The van der Waals surface area contributed by atoms with Crippen molar-refractivity contribution in [3.05, 3.63) is 36.3 Å². The molecule has 0 atom stereocenters. The Hall–Kier alpha value is -1.92. The molecule has 1 saturated heterocycles. The van der Waals surface area contributed by atoms with Gasteiger partial charge in [-0.25, -0.2) is 4.98 Å². The van der Waals surface area contributed by atoms with Crippen molar-refractivity contribution in [2.45, 2.75) is 45.8 Å². The molecule has 0 amide bonds. The van der Waals surface area contributed by atoms with Crippen molar-refractivity contribution in [1.82, 2.24) is 9.97 Å². The fourth-order valence-electron chi connectivity index (χ4n) is 2.60. The zero-order valence-electron chi connectivity index (χ0n) is 14.3. The maximum atomic E-state index is 6.10. The van der Waals surface area contributed by atoms with E-state index in [0.29, 0.717) is 5.82 Å². The molecule has 1 fully saturated rings. The normalized spacial score (nSPS) is 19.1. The van der Waals surface area contributed by atoms with Gasteiger partial charge in [-0.1, -0.05) is 0 Å². The largest absolute Gasteiger partial charge is 0.498 e. The number of nitrogen functional groups attached to an aromatic ring is 1. The summed E-state index contributed by atoms with van der Waals surface area (Å²) in [6.45, 7) is 10.1. The third-order valence-corrected chi connectivity index (χ3v) is 4.79. The second-order valence-electron chi connectivity index (χ2n) is 6.98. The molecule has 6 heteroatoms. The average molecular weight is 311 g/mol. The van der Waals surface area contributed by atoms with Crippen LogP contribution in [0.5, 0.6) is 0 Å². The standard InChI is InChI=1S/C17H22BN3O2/c1-11-9-20-7-6-13(11)12-8-14(15(19)21-10-12)18-22-16(2,3)17(4,5)23-18/h6-10H,1-5H3,(H2,19,21). The van der Waals surface area contributed by atoms with Crippen LogP contribution in [0.2, 0.25) is 0 Å². The lowest BCUT2D eigenvalue weighted by Crippen LogP contribution is -2.41. The van der Waals surface area contributed by atoms with E-state index in [4.69, 9.17) is 15.0 Å². The number of hydrogen-bond donors (Lipinski definition) is 1. The van der Waals surface area contributed by atoms with Gasteiger partial charge in [0.1, 0.15) is 5.82 Å². The number of pyridine rings is 2. The monoisotopic (exact) mass is 311 g/mol. The van der Waals surface area contributed by atoms with Crippen LogP contribution >= 0.6 is 0 Å². The van der Waals surface area contributed by atoms with Gasteiger partial charge in [0.25, 0.3) is 0 Å². The lowest BCUT2D eigenvalue weighted by atomic mass is 9.78. The van der Waals surface area contributed by atoms with E-state index in [1.807, 2.05) is 52.9 Å². The number of aromatic nitrogens is 2. The number of aryl methyl sites for hydroxylation is 1. The van der Waals surface area contributed by atoms with E-state index in [9.17, 15) is 0 Å². The average Bonchev–Trinajstić information content (AvgIpc) is 2.68. The molecule has 0 bridgehead atoms. The molecule has 2 aromatic rings. The van der Waals surface area contributed by atoms with Crippen LogP contribution in [0.25, 0.3) is 11.1 Å². The zero-order valence-corrected chi connectivity index (χ0v) is 14.3. The molecular weight excluding hydrogens is 289 g/mol. The van der Waals surface area contributed by atoms with Gasteiger partial charge in [-0.3, -0.25) is 4.98 Å². The number of rotatable bonds is 2. The molecule has 1 aliphatic rings. The molecule has 0 radical (unpaired) electrons. The van der Waals surface area contributed by atoms with E-state index in [2.05, 4.69) is 9.97 Å². The molecule has 3 rings (SSSR count). The Morgan fingerprint density at radius 2 is 1.74 bits per heavy atom. The molecule has 0 unspecified atom stereocenters. The van der Waals surface area contributed by atoms with Crippen LogP contribution in [-0.2, 0) is 9.31 Å². The van der Waals surface area contributed by atoms with E-state index < -0.39 is 18.3 Å². The van der Waals surface area contributed by atoms with Gasteiger partial charge >= 0.3 is 7.12 Å². The smallest absolute Gasteiger partial charge is 0.399 e. The minimum absolute atomic E-state index is 0.410. The Balaban J connectivity index is 2.02. The van der Waals surface area contributed by atoms with Gasteiger partial charge in [0.15, 0.2) is 0 Å². The van der Waals surface area contributed by atoms with Gasteiger partial charge in [-0.05, 0) is 57.9 Å². The van der Waals surface area contributed by atoms with Crippen LogP contribution in [0.3, 0.4) is 0 Å². The van der Waals surface area contributed by atoms with Gasteiger partial charge in [0, 0.05) is 29.6 Å². The van der Waals surface area contributed by atoms with Crippen molar-refractivity contribution in [3.8, 4) is 11.1 Å². The summed E-state index contributed by atoms with van der Waals surface area (Å²) in [7, 11) is -0.519. The molecule has 5 nitrogen and oxygen atoms in total. The maximum Gasteiger partial charge on any atom is 0.498 e. The van der Waals surface area contributed by atoms with E-state index >= 15 is 0 Å². The molecule has 23 heavy (non-hydrogen) atoms. The Bertz CT molecular complexity index is 730. The summed E-state index contributed by atoms with van der Waals surface area (Å²) in [5, 5.41) is 0. The van der Waals surface area contributed by atoms with Crippen LogP contribution < -0.4 is 11.2 Å². The fraction of sp³-hybridized carbons (Fsp3) is 0.412. The fourth-order valence-corrected chi connectivity index (χ4v) is 2.60. The van der Waals surface area contributed by atoms with Gasteiger partial charge < -0.3 is 15.0 Å². The number of nitrogens with zero attached hydrogens (tertiary/aromatic N) is 2. The first-order valence-corrected chi connectivity index (χ1v) is 7.73. The molecule has 3 heterocycles. The number of nitrogens with two attached hydrogens (primary N) is 1. The molecule has 0 aromatic carbocycles. The summed E-state index contributed by atoms with van der Waals surface area (Å²) < 4.78 is 12.2. The Kier molecular flexibility index (Phi) is 3.69. The second-order valence-corrected chi connectivity index (χ2v) is 6.98. The first-order valence-electron chi connectivity index (χ1n) is 7.73. The SMILES string of the molecule is Cc1cnccc1-c1cnc(N)c(B2OC(C)(C)C(C)(C)O2)c1. The second kappa shape index (κ2) is 5.32. The van der Waals surface area contributed by atoms with E-state index in [0.717, 1.165) is 22.2 Å². The molecular formula is C17H22BN3O2. The zero-order chi connectivity index (χ0) is 16.8. The van der Waals surface area contributed by atoms with Crippen molar-refractivity contribution in [1.29, 1.82) is 0 Å². The third kappa shape index (κ3) is 2.73. The lowest BCUT2D eigenvalue weighted by Gasteiger charge is -2.32. The van der Waals surface area contributed by atoms with Gasteiger partial charge in [-0.2, -0.15) is 0 Å². The Morgan fingerprint density at radius 1 is 1.09 bits per heavy atom. The van der Waals surface area contributed by atoms with Crippen LogP contribution in [-0.4, -0.2) is 28.3 Å². The molecule has 2 N–H and O–H groups in total. The summed E-state index contributed by atoms with van der Waals surface area (Å²) in [5.74, 6) is 0.430. The minimum atomic E-state index is -0.519. The Morgan fingerprint density at radius 3 is 2.35 bits per heavy atom. The highest BCUT2D eigenvalue weighted by Crippen LogP contribution is 2.37. The summed E-state index contributed by atoms with van der Waals surface area (Å²) in [6, 6.07) is 3.96. The van der Waals surface area contributed by atoms with Crippen molar-refractivity contribution in [3.63, 3.8) is 0 Å². The predicted octanol–water partition coefficient (Wildman–Crippen LogP) is 2.33. The van der Waals surface area contributed by atoms with Crippen molar-refractivity contribution >= 4 is 18.4 Å². The highest BCUT2D eigenvalue weighted by atomic mass is 16.7. The molecule has 2 aromatic heterocycles. The first-order chi connectivity index (χ1) is 10.7.